The van der Waals surface area contributed by atoms with E-state index in [-0.39, 0.29) is 58.2 Å². The van der Waals surface area contributed by atoms with E-state index in [2.05, 4.69) is 20.6 Å². The van der Waals surface area contributed by atoms with Gasteiger partial charge < -0.3 is 39.4 Å². The highest BCUT2D eigenvalue weighted by Crippen LogP contribution is 2.36. The van der Waals surface area contributed by atoms with E-state index in [4.69, 9.17) is 47.3 Å². The van der Waals surface area contributed by atoms with Gasteiger partial charge in [-0.1, -0.05) is 36.7 Å². The van der Waals surface area contributed by atoms with Gasteiger partial charge in [-0.15, -0.1) is 4.37 Å². The Bertz CT molecular complexity index is 1510. The summed E-state index contributed by atoms with van der Waals surface area (Å²) in [4.78, 5) is 50.1. The van der Waals surface area contributed by atoms with Gasteiger partial charge in [0.15, 0.2) is 12.4 Å². The van der Waals surface area contributed by atoms with E-state index in [1.807, 2.05) is 4.90 Å². The zero-order chi connectivity index (χ0) is 34.7. The number of ketones is 1. The normalized spacial score (nSPS) is 14.3. The number of ether oxygens (including phenoxy) is 4. The Morgan fingerprint density at radius 2 is 1.85 bits per heavy atom. The molecular formula is C30H36Cl2N4O10S. The number of nitrogens with zero attached hydrogens (tertiary/aromatic N) is 3. The lowest BCUT2D eigenvalue weighted by atomic mass is 9.94. The number of morpholine rings is 1. The Balaban J connectivity index is 1.72. The molecule has 0 unspecified atom stereocenters. The Labute approximate surface area is 285 Å². The van der Waals surface area contributed by atoms with Crippen LogP contribution in [0.3, 0.4) is 0 Å². The lowest BCUT2D eigenvalue weighted by molar-refractivity contribution is -0.153. The predicted octanol–water partition coefficient (Wildman–Crippen LogP) is 4.05. The second-order valence-electron chi connectivity index (χ2n) is 11.0. The molecule has 14 nitrogen and oxygen atoms in total. The zero-order valence-electron chi connectivity index (χ0n) is 26.0. The van der Waals surface area contributed by atoms with Gasteiger partial charge in [0.25, 0.3) is 5.88 Å². The molecule has 47 heavy (non-hydrogen) atoms. The molecule has 2 aromatic rings. The molecule has 1 atom stereocenters. The van der Waals surface area contributed by atoms with Gasteiger partial charge in [0.1, 0.15) is 23.5 Å². The summed E-state index contributed by atoms with van der Waals surface area (Å²) >= 11 is 13.6. The fraction of sp³-hybridized carbons (Fsp3) is 0.467. The highest BCUT2D eigenvalue weighted by atomic mass is 35.5. The van der Waals surface area contributed by atoms with Gasteiger partial charge in [0.05, 0.1) is 30.0 Å². The highest BCUT2D eigenvalue weighted by Gasteiger charge is 2.28. The first-order valence-electron chi connectivity index (χ1n) is 14.4. The Kier molecular flexibility index (Phi) is 14.0. The van der Waals surface area contributed by atoms with Gasteiger partial charge in [-0.2, -0.15) is 4.37 Å². The molecule has 2 heterocycles. The lowest BCUT2D eigenvalue weighted by Gasteiger charge is -2.29. The number of halogens is 2. The SMILES string of the molecule is C=C(CC)C(=O)c1ccc(OCC(=O)O[C@@H](CNC(C)(C)C/C(=C/C(=O)O)C(=O)O)COc2nsnc2N2CCOCC2)c(Cl)c1Cl. The van der Waals surface area contributed by atoms with E-state index >= 15 is 0 Å². The molecule has 256 valence electrons. The smallest absolute Gasteiger partial charge is 0.344 e. The summed E-state index contributed by atoms with van der Waals surface area (Å²) < 4.78 is 31.1. The van der Waals surface area contributed by atoms with E-state index in [1.165, 1.54) is 12.1 Å². The van der Waals surface area contributed by atoms with E-state index in [9.17, 15) is 24.3 Å². The number of aromatic nitrogens is 2. The number of Topliss-reactive ketones (excluding diaryl/α,β-unsaturated/α-hetero) is 1. The number of carboxylic acids is 2. The number of benzene rings is 1. The zero-order valence-corrected chi connectivity index (χ0v) is 28.4. The molecule has 1 aliphatic rings. The minimum Gasteiger partial charge on any atom is -0.480 e. The molecule has 1 saturated heterocycles. The molecule has 0 amide bonds. The second-order valence-corrected chi connectivity index (χ2v) is 12.3. The molecule has 17 heteroatoms. The number of aliphatic carboxylic acids is 2. The molecule has 1 fully saturated rings. The summed E-state index contributed by atoms with van der Waals surface area (Å²) in [6.07, 6.45) is -0.0344. The molecular weight excluding hydrogens is 679 g/mol. The molecule has 3 N–H and O–H groups in total. The maximum absolute atomic E-state index is 12.9. The fourth-order valence-electron chi connectivity index (χ4n) is 4.33. The third kappa shape index (κ3) is 11.2. The summed E-state index contributed by atoms with van der Waals surface area (Å²) in [5, 5.41) is 21.5. The van der Waals surface area contributed by atoms with Crippen LogP contribution in [0.25, 0.3) is 0 Å². The van der Waals surface area contributed by atoms with Crippen LogP contribution < -0.4 is 19.7 Å². The van der Waals surface area contributed by atoms with Gasteiger partial charge in [0.2, 0.25) is 5.82 Å². The van der Waals surface area contributed by atoms with Crippen LogP contribution in [-0.4, -0.2) is 100 Å². The van der Waals surface area contributed by atoms with E-state index in [0.29, 0.717) is 50.2 Å². The number of carbonyl (C=O) groups is 4. The molecule has 0 bridgehead atoms. The third-order valence-corrected chi connectivity index (χ3v) is 8.22. The second kappa shape index (κ2) is 17.4. The van der Waals surface area contributed by atoms with Crippen molar-refractivity contribution < 1.29 is 48.3 Å². The number of carbonyl (C=O) groups excluding carboxylic acids is 2. The van der Waals surface area contributed by atoms with Crippen molar-refractivity contribution in [3.63, 3.8) is 0 Å². The average Bonchev–Trinajstić information content (AvgIpc) is 3.51. The van der Waals surface area contributed by atoms with Crippen LogP contribution in [0.5, 0.6) is 11.6 Å². The van der Waals surface area contributed by atoms with E-state index in [1.54, 1.807) is 20.8 Å². The van der Waals surface area contributed by atoms with Gasteiger partial charge in [-0.05, 0) is 44.4 Å². The van der Waals surface area contributed by atoms with Crippen molar-refractivity contribution in [3.05, 3.63) is 51.5 Å². The van der Waals surface area contributed by atoms with Crippen LogP contribution in [0, 0.1) is 0 Å². The minimum absolute atomic E-state index is 0.0200. The number of esters is 1. The number of carboxylic acid groups (broad SMARTS) is 2. The number of anilines is 1. The highest BCUT2D eigenvalue weighted by molar-refractivity contribution is 6.99. The lowest BCUT2D eigenvalue weighted by Crippen LogP contribution is -2.47. The van der Waals surface area contributed by atoms with Crippen LogP contribution in [0.15, 0.2) is 35.9 Å². The van der Waals surface area contributed by atoms with Crippen LogP contribution in [-0.2, 0) is 23.9 Å². The fourth-order valence-corrected chi connectivity index (χ4v) is 5.32. The van der Waals surface area contributed by atoms with Crippen LogP contribution in [0.4, 0.5) is 5.82 Å². The van der Waals surface area contributed by atoms with E-state index in [0.717, 1.165) is 11.7 Å². The van der Waals surface area contributed by atoms with Gasteiger partial charge in [-0.3, -0.25) is 4.79 Å². The van der Waals surface area contributed by atoms with Crippen LogP contribution >= 0.6 is 34.9 Å². The van der Waals surface area contributed by atoms with Gasteiger partial charge >= 0.3 is 17.9 Å². The first-order valence-corrected chi connectivity index (χ1v) is 15.9. The number of nitrogens with one attached hydrogen (secondary N) is 1. The van der Waals surface area contributed by atoms with Crippen molar-refractivity contribution >= 4 is 64.4 Å². The minimum atomic E-state index is -1.39. The first kappa shape index (κ1) is 37.7. The summed E-state index contributed by atoms with van der Waals surface area (Å²) in [6.45, 7) is 10.3. The quantitative estimate of drug-likeness (QED) is 0.114. The predicted molar refractivity (Wildman–Crippen MR) is 174 cm³/mol. The summed E-state index contributed by atoms with van der Waals surface area (Å²) in [6, 6.07) is 2.84. The molecule has 3 rings (SSSR count). The average molecular weight is 716 g/mol. The van der Waals surface area contributed by atoms with Gasteiger partial charge in [0, 0.05) is 42.4 Å². The molecule has 1 aromatic carbocycles. The Morgan fingerprint density at radius 1 is 1.15 bits per heavy atom. The van der Waals surface area contributed by atoms with Crippen LogP contribution in [0.1, 0.15) is 44.0 Å². The summed E-state index contributed by atoms with van der Waals surface area (Å²) in [7, 11) is 0. The first-order chi connectivity index (χ1) is 22.2. The number of rotatable bonds is 18. The molecule has 0 radical (unpaired) electrons. The molecule has 0 saturated carbocycles. The summed E-state index contributed by atoms with van der Waals surface area (Å²) in [5.41, 5.74) is -0.747. The largest absolute Gasteiger partial charge is 0.480 e. The standard InChI is InChI=1S/C30H36Cl2N4O10S/c1-5-17(2)26(40)20-6-7-21(25(32)24(20)31)44-16-23(39)46-19(14-33-30(3,4)13-18(29(41)42)12-22(37)38)15-45-28-27(34-47-35-28)36-8-10-43-11-9-36/h6-7,12,19,33H,2,5,8-11,13-16H2,1,3-4H3,(H,37,38)(H,41,42)/b18-12-/t19-/m0/s1. The van der Waals surface area contributed by atoms with Crippen molar-refractivity contribution in [2.24, 2.45) is 0 Å². The Hall–Kier alpha value is -3.76. The number of hydrogen-bond donors (Lipinski definition) is 3. The molecule has 1 aromatic heterocycles. The van der Waals surface area contributed by atoms with Crippen molar-refractivity contribution in [2.75, 3.05) is 51.0 Å². The monoisotopic (exact) mass is 714 g/mol. The van der Waals surface area contributed by atoms with Gasteiger partial charge in [-0.25, -0.2) is 14.4 Å². The van der Waals surface area contributed by atoms with Crippen molar-refractivity contribution in [1.82, 2.24) is 14.1 Å². The van der Waals surface area contributed by atoms with Crippen molar-refractivity contribution in [3.8, 4) is 11.6 Å². The molecule has 0 aliphatic carbocycles. The van der Waals surface area contributed by atoms with Crippen molar-refractivity contribution in [2.45, 2.75) is 45.3 Å². The van der Waals surface area contributed by atoms with Crippen molar-refractivity contribution in [1.29, 1.82) is 0 Å². The molecule has 0 spiro atoms. The maximum atomic E-state index is 12.9. The summed E-state index contributed by atoms with van der Waals surface area (Å²) in [5.74, 6) is -3.09. The Morgan fingerprint density at radius 3 is 2.49 bits per heavy atom. The third-order valence-electron chi connectivity index (χ3n) is 6.85. The van der Waals surface area contributed by atoms with E-state index < -0.39 is 36.2 Å². The topological polar surface area (TPSA) is 187 Å². The number of hydrogen-bond acceptors (Lipinski definition) is 13. The number of allylic oxidation sites excluding steroid dienone is 1. The molecule has 1 aliphatic heterocycles. The van der Waals surface area contributed by atoms with Crippen LogP contribution in [0.2, 0.25) is 10.0 Å². The maximum Gasteiger partial charge on any atom is 0.344 e.